The second kappa shape index (κ2) is 6.85. The fourth-order valence-corrected chi connectivity index (χ4v) is 3.56. The first kappa shape index (κ1) is 15.9. The Morgan fingerprint density at radius 3 is 2.68 bits per heavy atom. The smallest absolute Gasteiger partial charge is 0.305 e. The van der Waals surface area contributed by atoms with Crippen molar-refractivity contribution in [3.05, 3.63) is 0 Å². The molecule has 0 radical (unpaired) electrons. The van der Waals surface area contributed by atoms with Gasteiger partial charge in [0, 0.05) is 13.2 Å². The lowest BCUT2D eigenvalue weighted by Crippen LogP contribution is -2.52. The van der Waals surface area contributed by atoms with Crippen molar-refractivity contribution < 1.29 is 27.9 Å². The Kier molecular flexibility index (Phi) is 5.74. The number of carbonyl (C=O) groups is 2. The fourth-order valence-electron chi connectivity index (χ4n) is 2.03. The van der Waals surface area contributed by atoms with E-state index in [2.05, 4.69) is 0 Å². The summed E-state index contributed by atoms with van der Waals surface area (Å²) in [6.45, 7) is 2.63. The van der Waals surface area contributed by atoms with E-state index in [4.69, 9.17) is 9.84 Å². The molecule has 7 nitrogen and oxygen atoms in total. The Morgan fingerprint density at radius 1 is 1.42 bits per heavy atom. The second-order valence-corrected chi connectivity index (χ2v) is 6.63. The maximum absolute atomic E-state index is 11.9. The van der Waals surface area contributed by atoms with Crippen molar-refractivity contribution in [2.75, 3.05) is 31.3 Å². The van der Waals surface area contributed by atoms with Crippen LogP contribution in [0, 0.1) is 0 Å². The van der Waals surface area contributed by atoms with Crippen LogP contribution in [-0.4, -0.2) is 67.6 Å². The SMILES string of the molecule is CCOCCC(=O)N1CCS(=O)(=O)CC1CC(=O)O. The van der Waals surface area contributed by atoms with E-state index in [9.17, 15) is 18.0 Å². The first-order valence-electron chi connectivity index (χ1n) is 6.15. The number of hydrogen-bond donors (Lipinski definition) is 1. The van der Waals surface area contributed by atoms with Crippen LogP contribution in [0.5, 0.6) is 0 Å². The number of sulfone groups is 1. The van der Waals surface area contributed by atoms with Crippen molar-refractivity contribution >= 4 is 21.7 Å². The highest BCUT2D eigenvalue weighted by molar-refractivity contribution is 7.91. The molecule has 1 aliphatic rings. The van der Waals surface area contributed by atoms with Gasteiger partial charge < -0.3 is 14.7 Å². The van der Waals surface area contributed by atoms with Crippen molar-refractivity contribution in [1.82, 2.24) is 4.90 Å². The quantitative estimate of drug-likeness (QED) is 0.663. The van der Waals surface area contributed by atoms with E-state index < -0.39 is 21.8 Å². The summed E-state index contributed by atoms with van der Waals surface area (Å²) >= 11 is 0. The lowest BCUT2D eigenvalue weighted by atomic mass is 10.2. The van der Waals surface area contributed by atoms with Crippen LogP contribution >= 0.6 is 0 Å². The van der Waals surface area contributed by atoms with Gasteiger partial charge in [0.15, 0.2) is 9.84 Å². The molecule has 0 aromatic rings. The van der Waals surface area contributed by atoms with Gasteiger partial charge in [-0.05, 0) is 6.92 Å². The van der Waals surface area contributed by atoms with Crippen LogP contribution in [0.25, 0.3) is 0 Å². The number of carbonyl (C=O) groups excluding carboxylic acids is 1. The minimum absolute atomic E-state index is 0.0608. The van der Waals surface area contributed by atoms with Crippen molar-refractivity contribution in [2.24, 2.45) is 0 Å². The number of nitrogens with zero attached hydrogens (tertiary/aromatic N) is 1. The molecule has 0 aliphatic carbocycles. The predicted molar refractivity (Wildman–Crippen MR) is 67.5 cm³/mol. The Bertz CT molecular complexity index is 432. The summed E-state index contributed by atoms with van der Waals surface area (Å²) in [7, 11) is -3.26. The molecule has 1 aliphatic heterocycles. The maximum atomic E-state index is 11.9. The van der Waals surface area contributed by atoms with Gasteiger partial charge in [0.05, 0.1) is 37.0 Å². The van der Waals surface area contributed by atoms with Gasteiger partial charge in [0.25, 0.3) is 0 Å². The van der Waals surface area contributed by atoms with Crippen molar-refractivity contribution in [2.45, 2.75) is 25.8 Å². The lowest BCUT2D eigenvalue weighted by Gasteiger charge is -2.34. The second-order valence-electron chi connectivity index (χ2n) is 4.40. The van der Waals surface area contributed by atoms with Gasteiger partial charge in [-0.25, -0.2) is 8.42 Å². The van der Waals surface area contributed by atoms with Gasteiger partial charge in [-0.3, -0.25) is 9.59 Å². The Labute approximate surface area is 112 Å². The molecule has 1 heterocycles. The molecule has 0 aromatic carbocycles. The Hall–Kier alpha value is -1.15. The molecule has 1 unspecified atom stereocenters. The highest BCUT2D eigenvalue weighted by Gasteiger charge is 2.34. The number of ether oxygens (including phenoxy) is 1. The molecule has 19 heavy (non-hydrogen) atoms. The molecule has 110 valence electrons. The predicted octanol–water partition coefficient (Wildman–Crippen LogP) is -0.487. The van der Waals surface area contributed by atoms with Crippen LogP contribution in [0.3, 0.4) is 0 Å². The van der Waals surface area contributed by atoms with Gasteiger partial charge in [0.1, 0.15) is 0 Å². The first-order chi connectivity index (χ1) is 8.85. The third-order valence-electron chi connectivity index (χ3n) is 2.93. The summed E-state index contributed by atoms with van der Waals surface area (Å²) < 4.78 is 28.1. The van der Waals surface area contributed by atoms with E-state index >= 15 is 0 Å². The Morgan fingerprint density at radius 2 is 2.11 bits per heavy atom. The largest absolute Gasteiger partial charge is 0.481 e. The molecule has 0 spiro atoms. The van der Waals surface area contributed by atoms with Crippen molar-refractivity contribution in [3.8, 4) is 0 Å². The van der Waals surface area contributed by atoms with Gasteiger partial charge in [-0.2, -0.15) is 0 Å². The van der Waals surface area contributed by atoms with E-state index in [1.807, 2.05) is 6.92 Å². The number of aliphatic carboxylic acids is 1. The number of carboxylic acids is 1. The monoisotopic (exact) mass is 293 g/mol. The maximum Gasteiger partial charge on any atom is 0.305 e. The van der Waals surface area contributed by atoms with Gasteiger partial charge in [-0.1, -0.05) is 0 Å². The molecular weight excluding hydrogens is 274 g/mol. The highest BCUT2D eigenvalue weighted by atomic mass is 32.2. The molecule has 1 rings (SSSR count). The third kappa shape index (κ3) is 5.15. The molecule has 1 fully saturated rings. The molecule has 1 N–H and O–H groups in total. The Balaban J connectivity index is 2.67. The minimum Gasteiger partial charge on any atom is -0.481 e. The molecule has 1 atom stereocenters. The molecule has 0 bridgehead atoms. The van der Waals surface area contributed by atoms with Crippen LogP contribution in [0.2, 0.25) is 0 Å². The highest BCUT2D eigenvalue weighted by Crippen LogP contribution is 2.16. The van der Waals surface area contributed by atoms with E-state index in [1.165, 1.54) is 4.90 Å². The summed E-state index contributed by atoms with van der Waals surface area (Å²) in [5.74, 6) is -1.75. The van der Waals surface area contributed by atoms with E-state index in [-0.39, 0.29) is 43.4 Å². The molecule has 1 saturated heterocycles. The van der Waals surface area contributed by atoms with Crippen LogP contribution < -0.4 is 0 Å². The average molecular weight is 293 g/mol. The number of amides is 1. The number of hydrogen-bond acceptors (Lipinski definition) is 5. The van der Waals surface area contributed by atoms with E-state index in [0.717, 1.165) is 0 Å². The third-order valence-corrected chi connectivity index (χ3v) is 4.62. The minimum atomic E-state index is -3.26. The zero-order valence-electron chi connectivity index (χ0n) is 10.9. The zero-order valence-corrected chi connectivity index (χ0v) is 11.7. The standard InChI is InChI=1S/C11H19NO6S/c1-2-18-5-3-10(13)12-4-6-19(16,17)8-9(12)7-11(14)15/h9H,2-8H2,1H3,(H,14,15). The summed E-state index contributed by atoms with van der Waals surface area (Å²) in [6.07, 6.45) is -0.205. The molecule has 1 amide bonds. The van der Waals surface area contributed by atoms with E-state index in [1.54, 1.807) is 0 Å². The van der Waals surface area contributed by atoms with Crippen LogP contribution in [-0.2, 0) is 24.2 Å². The van der Waals surface area contributed by atoms with Crippen molar-refractivity contribution in [3.63, 3.8) is 0 Å². The first-order valence-corrected chi connectivity index (χ1v) is 7.97. The van der Waals surface area contributed by atoms with Crippen LogP contribution in [0.15, 0.2) is 0 Å². The summed E-state index contributed by atoms with van der Waals surface area (Å²) in [5.41, 5.74) is 0. The summed E-state index contributed by atoms with van der Waals surface area (Å²) in [4.78, 5) is 24.0. The number of carboxylic acid groups (broad SMARTS) is 1. The van der Waals surface area contributed by atoms with E-state index in [0.29, 0.717) is 6.61 Å². The summed E-state index contributed by atoms with van der Waals surface area (Å²) in [6, 6.07) is -0.773. The van der Waals surface area contributed by atoms with Crippen LogP contribution in [0.4, 0.5) is 0 Å². The lowest BCUT2D eigenvalue weighted by molar-refractivity contribution is -0.140. The average Bonchev–Trinajstić information content (AvgIpc) is 2.27. The summed E-state index contributed by atoms with van der Waals surface area (Å²) in [5, 5.41) is 8.79. The molecule has 0 aromatic heterocycles. The molecule has 0 saturated carbocycles. The molecular formula is C11H19NO6S. The zero-order chi connectivity index (χ0) is 14.5. The van der Waals surface area contributed by atoms with Crippen molar-refractivity contribution in [1.29, 1.82) is 0 Å². The van der Waals surface area contributed by atoms with Gasteiger partial charge >= 0.3 is 5.97 Å². The van der Waals surface area contributed by atoms with Gasteiger partial charge in [0.2, 0.25) is 5.91 Å². The number of rotatable bonds is 6. The fraction of sp³-hybridized carbons (Fsp3) is 0.818. The van der Waals surface area contributed by atoms with Gasteiger partial charge in [-0.15, -0.1) is 0 Å². The van der Waals surface area contributed by atoms with Crippen LogP contribution in [0.1, 0.15) is 19.8 Å². The normalized spacial score (nSPS) is 22.2. The molecule has 8 heteroatoms. The topological polar surface area (TPSA) is 101 Å².